The van der Waals surface area contributed by atoms with Crippen molar-refractivity contribution in [1.29, 1.82) is 0 Å². The number of amides is 1. The molecule has 1 aliphatic rings. The first-order valence-corrected chi connectivity index (χ1v) is 15.7. The van der Waals surface area contributed by atoms with E-state index in [4.69, 9.17) is 24.2 Å². The van der Waals surface area contributed by atoms with Crippen LogP contribution in [0.25, 0.3) is 0 Å². The van der Waals surface area contributed by atoms with E-state index in [0.717, 1.165) is 59.8 Å². The molecule has 0 aliphatic carbocycles. The van der Waals surface area contributed by atoms with Crippen LogP contribution in [0.5, 0.6) is 11.5 Å². The van der Waals surface area contributed by atoms with Crippen LogP contribution in [0.3, 0.4) is 0 Å². The second-order valence-corrected chi connectivity index (χ2v) is 11.7. The van der Waals surface area contributed by atoms with Crippen LogP contribution in [-0.4, -0.2) is 74.3 Å². The van der Waals surface area contributed by atoms with Crippen molar-refractivity contribution in [3.05, 3.63) is 70.4 Å². The zero-order valence-electron chi connectivity index (χ0n) is 26.0. The van der Waals surface area contributed by atoms with E-state index in [0.29, 0.717) is 41.9 Å². The molecule has 1 saturated heterocycles. The van der Waals surface area contributed by atoms with Crippen molar-refractivity contribution < 1.29 is 23.8 Å². The van der Waals surface area contributed by atoms with Crippen LogP contribution in [0.15, 0.2) is 47.6 Å². The van der Waals surface area contributed by atoms with E-state index in [9.17, 15) is 9.59 Å². The summed E-state index contributed by atoms with van der Waals surface area (Å²) in [5.41, 5.74) is 4.78. The Labute approximate surface area is 258 Å². The topological polar surface area (TPSA) is 94.1 Å². The van der Waals surface area contributed by atoms with E-state index in [1.807, 2.05) is 57.3 Å². The van der Waals surface area contributed by atoms with Crippen molar-refractivity contribution in [1.82, 2.24) is 14.9 Å². The van der Waals surface area contributed by atoms with Crippen LogP contribution >= 0.6 is 11.8 Å². The molecule has 1 aromatic heterocycles. The van der Waals surface area contributed by atoms with Crippen LogP contribution in [-0.2, 0) is 21.7 Å². The first-order valence-electron chi connectivity index (χ1n) is 14.7. The molecule has 0 saturated carbocycles. The Bertz CT molecular complexity index is 1430. The average molecular weight is 607 g/mol. The molecule has 230 valence electrons. The zero-order chi connectivity index (χ0) is 30.9. The maximum atomic E-state index is 13.3. The van der Waals surface area contributed by atoms with Gasteiger partial charge in [-0.05, 0) is 75.4 Å². The number of hydrogen-bond donors (Lipinski definition) is 0. The molecule has 4 rings (SSSR count). The number of ether oxygens (including phenoxy) is 3. The predicted octanol–water partition coefficient (Wildman–Crippen LogP) is 5.50. The van der Waals surface area contributed by atoms with E-state index < -0.39 is 0 Å². The molecule has 10 heteroatoms. The minimum absolute atomic E-state index is 0.0540. The molecule has 0 spiro atoms. The van der Waals surface area contributed by atoms with Crippen molar-refractivity contribution in [3.63, 3.8) is 0 Å². The molecule has 1 atom stereocenters. The quantitative estimate of drug-likeness (QED) is 0.151. The van der Waals surface area contributed by atoms with E-state index in [1.165, 1.54) is 0 Å². The fourth-order valence-electron chi connectivity index (χ4n) is 5.20. The predicted molar refractivity (Wildman–Crippen MR) is 169 cm³/mol. The second kappa shape index (κ2) is 15.1. The number of likely N-dealkylation sites (tertiary alicyclic amines) is 1. The van der Waals surface area contributed by atoms with Crippen molar-refractivity contribution in [2.45, 2.75) is 50.9 Å². The lowest BCUT2D eigenvalue weighted by molar-refractivity contribution is -0.149. The number of rotatable bonds is 12. The van der Waals surface area contributed by atoms with Crippen molar-refractivity contribution in [3.8, 4) is 11.5 Å². The van der Waals surface area contributed by atoms with Gasteiger partial charge >= 0.3 is 5.97 Å². The van der Waals surface area contributed by atoms with Crippen molar-refractivity contribution in [2.75, 3.05) is 52.4 Å². The number of nitrogens with zero attached hydrogens (tertiary/aromatic N) is 4. The Morgan fingerprint density at radius 3 is 2.58 bits per heavy atom. The number of benzene rings is 2. The standard InChI is InChI=1S/C33H42N4O5S/c1-7-42-32(39)27-12-9-16-37(20-27)31(38)26-11-8-10-25(18-26)21-43-33-34-23(3)22(2)30(35-33)36(4)17-15-24-13-14-28(40-5)29(19-24)41-6/h8,10-11,13-14,18-19,27H,7,9,12,15-17,20-21H2,1-6H3. The van der Waals surface area contributed by atoms with Gasteiger partial charge in [-0.1, -0.05) is 30.0 Å². The summed E-state index contributed by atoms with van der Waals surface area (Å²) in [4.78, 5) is 39.1. The molecule has 1 aliphatic heterocycles. The lowest BCUT2D eigenvalue weighted by Crippen LogP contribution is -2.42. The number of anilines is 1. The Morgan fingerprint density at radius 1 is 1.05 bits per heavy atom. The van der Waals surface area contributed by atoms with Crippen LogP contribution in [0, 0.1) is 19.8 Å². The van der Waals surface area contributed by atoms with Gasteiger partial charge in [0.1, 0.15) is 5.82 Å². The van der Waals surface area contributed by atoms with Gasteiger partial charge in [0.25, 0.3) is 5.91 Å². The number of aromatic nitrogens is 2. The third-order valence-electron chi connectivity index (χ3n) is 7.76. The summed E-state index contributed by atoms with van der Waals surface area (Å²) < 4.78 is 16.0. The summed E-state index contributed by atoms with van der Waals surface area (Å²) in [6.07, 6.45) is 2.36. The highest BCUT2D eigenvalue weighted by atomic mass is 32.2. The normalized spacial score (nSPS) is 14.7. The SMILES string of the molecule is CCOC(=O)C1CCCN(C(=O)c2cccc(CSc3nc(C)c(C)c(N(C)CCc4ccc(OC)c(OC)c4)n3)c2)C1. The van der Waals surface area contributed by atoms with E-state index >= 15 is 0 Å². The van der Waals surface area contributed by atoms with Gasteiger partial charge in [0.05, 0.1) is 26.7 Å². The van der Waals surface area contributed by atoms with E-state index in [-0.39, 0.29) is 17.8 Å². The van der Waals surface area contributed by atoms with Gasteiger partial charge in [-0.25, -0.2) is 9.97 Å². The van der Waals surface area contributed by atoms with Crippen LogP contribution in [0.2, 0.25) is 0 Å². The second-order valence-electron chi connectivity index (χ2n) is 10.7. The summed E-state index contributed by atoms with van der Waals surface area (Å²) in [5.74, 6) is 2.44. The molecule has 1 unspecified atom stereocenters. The largest absolute Gasteiger partial charge is 0.493 e. The first-order chi connectivity index (χ1) is 20.7. The molecule has 2 aromatic carbocycles. The van der Waals surface area contributed by atoms with E-state index in [1.54, 1.807) is 37.8 Å². The first kappa shape index (κ1) is 32.1. The Balaban J connectivity index is 1.40. The van der Waals surface area contributed by atoms with Crippen LogP contribution in [0.1, 0.15) is 52.5 Å². The molecule has 43 heavy (non-hydrogen) atoms. The molecule has 0 bridgehead atoms. The molecular weight excluding hydrogens is 564 g/mol. The number of carbonyl (C=O) groups excluding carboxylic acids is 2. The zero-order valence-corrected chi connectivity index (χ0v) is 26.8. The van der Waals surface area contributed by atoms with Crippen LogP contribution in [0.4, 0.5) is 5.82 Å². The van der Waals surface area contributed by atoms with Gasteiger partial charge in [-0.15, -0.1) is 0 Å². The fourth-order valence-corrected chi connectivity index (χ4v) is 6.03. The number of likely N-dealkylation sites (N-methyl/N-ethyl adjacent to an activating group) is 1. The minimum atomic E-state index is -0.260. The highest BCUT2D eigenvalue weighted by molar-refractivity contribution is 7.98. The smallest absolute Gasteiger partial charge is 0.310 e. The molecule has 1 amide bonds. The third-order valence-corrected chi connectivity index (χ3v) is 8.68. The van der Waals surface area contributed by atoms with Gasteiger partial charge in [0.15, 0.2) is 16.7 Å². The maximum absolute atomic E-state index is 13.3. The molecule has 2 heterocycles. The number of thioether (sulfide) groups is 1. The van der Waals surface area contributed by atoms with Gasteiger partial charge < -0.3 is 24.0 Å². The number of hydrogen-bond acceptors (Lipinski definition) is 9. The van der Waals surface area contributed by atoms with Gasteiger partial charge in [0, 0.05) is 49.3 Å². The van der Waals surface area contributed by atoms with Crippen molar-refractivity contribution >= 4 is 29.5 Å². The maximum Gasteiger partial charge on any atom is 0.310 e. The average Bonchev–Trinajstić information content (AvgIpc) is 3.03. The molecular formula is C33H42N4O5S. The summed E-state index contributed by atoms with van der Waals surface area (Å²) in [7, 11) is 5.33. The van der Waals surface area contributed by atoms with Gasteiger partial charge in [-0.2, -0.15) is 0 Å². The molecule has 0 N–H and O–H groups in total. The molecule has 3 aromatic rings. The number of piperidine rings is 1. The minimum Gasteiger partial charge on any atom is -0.493 e. The molecule has 0 radical (unpaired) electrons. The molecule has 1 fully saturated rings. The number of carbonyl (C=O) groups is 2. The van der Waals surface area contributed by atoms with E-state index in [2.05, 4.69) is 11.0 Å². The van der Waals surface area contributed by atoms with Gasteiger partial charge in [0.2, 0.25) is 0 Å². The number of methoxy groups -OCH3 is 2. The molecule has 9 nitrogen and oxygen atoms in total. The highest BCUT2D eigenvalue weighted by Gasteiger charge is 2.30. The summed E-state index contributed by atoms with van der Waals surface area (Å²) in [6, 6.07) is 13.7. The number of esters is 1. The van der Waals surface area contributed by atoms with Gasteiger partial charge in [-0.3, -0.25) is 9.59 Å². The monoisotopic (exact) mass is 606 g/mol. The van der Waals surface area contributed by atoms with Crippen LogP contribution < -0.4 is 14.4 Å². The van der Waals surface area contributed by atoms with Crippen molar-refractivity contribution in [2.24, 2.45) is 5.92 Å². The Kier molecular flexibility index (Phi) is 11.3. The summed E-state index contributed by atoms with van der Waals surface area (Å²) in [5, 5.41) is 0.695. The summed E-state index contributed by atoms with van der Waals surface area (Å²) >= 11 is 1.55. The Morgan fingerprint density at radius 2 is 1.84 bits per heavy atom. The lowest BCUT2D eigenvalue weighted by Gasteiger charge is -2.31. The third kappa shape index (κ3) is 8.19. The fraction of sp³-hybridized carbons (Fsp3) is 0.455. The highest BCUT2D eigenvalue weighted by Crippen LogP contribution is 2.29. The summed E-state index contributed by atoms with van der Waals surface area (Å²) in [6.45, 7) is 8.03. The Hall–Kier alpha value is -3.79. The number of aryl methyl sites for hydroxylation is 1. The lowest BCUT2D eigenvalue weighted by atomic mass is 9.97.